The van der Waals surface area contributed by atoms with E-state index in [0.29, 0.717) is 12.3 Å². The van der Waals surface area contributed by atoms with E-state index in [1.165, 1.54) is 0 Å². The van der Waals surface area contributed by atoms with Gasteiger partial charge < -0.3 is 0 Å². The fourth-order valence-corrected chi connectivity index (χ4v) is 2.49. The summed E-state index contributed by atoms with van der Waals surface area (Å²) in [4.78, 5) is 23.8. The predicted molar refractivity (Wildman–Crippen MR) is 65.1 cm³/mol. The monoisotopic (exact) mass is 224 g/mol. The van der Waals surface area contributed by atoms with Crippen molar-refractivity contribution in [2.45, 2.75) is 53.9 Å². The van der Waals surface area contributed by atoms with Crippen LogP contribution in [0.15, 0.2) is 0 Å². The lowest BCUT2D eigenvalue weighted by Gasteiger charge is -2.36. The molecule has 16 heavy (non-hydrogen) atoms. The molecule has 0 N–H and O–H groups in total. The minimum absolute atomic E-state index is 0.0207. The molecule has 2 unspecified atom stereocenters. The Morgan fingerprint density at radius 3 is 2.31 bits per heavy atom. The summed E-state index contributed by atoms with van der Waals surface area (Å²) in [6.45, 7) is 10.4. The average Bonchev–Trinajstić information content (AvgIpc) is 2.15. The van der Waals surface area contributed by atoms with E-state index >= 15 is 0 Å². The van der Waals surface area contributed by atoms with Gasteiger partial charge in [0, 0.05) is 12.3 Å². The summed E-state index contributed by atoms with van der Waals surface area (Å²) < 4.78 is 0. The van der Waals surface area contributed by atoms with Crippen LogP contribution in [-0.2, 0) is 9.59 Å². The molecule has 1 fully saturated rings. The quantitative estimate of drug-likeness (QED) is 0.675. The van der Waals surface area contributed by atoms with Gasteiger partial charge in [-0.15, -0.1) is 0 Å². The normalized spacial score (nSPS) is 27.2. The van der Waals surface area contributed by atoms with Gasteiger partial charge in [-0.25, -0.2) is 0 Å². The second-order valence-corrected chi connectivity index (χ2v) is 6.41. The minimum atomic E-state index is -0.321. The lowest BCUT2D eigenvalue weighted by atomic mass is 9.67. The zero-order valence-corrected chi connectivity index (χ0v) is 11.2. The maximum Gasteiger partial charge on any atom is 0.145 e. The summed E-state index contributed by atoms with van der Waals surface area (Å²) >= 11 is 0. The van der Waals surface area contributed by atoms with Crippen LogP contribution < -0.4 is 0 Å². The molecule has 0 aromatic carbocycles. The summed E-state index contributed by atoms with van der Waals surface area (Å²) in [7, 11) is 0. The Bertz CT molecular complexity index is 284. The van der Waals surface area contributed by atoms with Crippen LogP contribution in [0.4, 0.5) is 0 Å². The number of hydrogen-bond acceptors (Lipinski definition) is 2. The van der Waals surface area contributed by atoms with E-state index < -0.39 is 0 Å². The van der Waals surface area contributed by atoms with Crippen LogP contribution >= 0.6 is 0 Å². The molecule has 92 valence electrons. The van der Waals surface area contributed by atoms with Crippen molar-refractivity contribution in [3.63, 3.8) is 0 Å². The molecule has 1 aliphatic carbocycles. The van der Waals surface area contributed by atoms with E-state index in [1.54, 1.807) is 0 Å². The molecular weight excluding hydrogens is 200 g/mol. The number of rotatable bonds is 2. The number of ketones is 2. The third kappa shape index (κ3) is 2.93. The van der Waals surface area contributed by atoms with E-state index in [1.807, 2.05) is 13.8 Å². The van der Waals surface area contributed by atoms with Crippen molar-refractivity contribution in [2.75, 3.05) is 0 Å². The highest BCUT2D eigenvalue weighted by atomic mass is 16.2. The predicted octanol–water partition coefficient (Wildman–Crippen LogP) is 3.24. The van der Waals surface area contributed by atoms with Gasteiger partial charge in [0.25, 0.3) is 0 Å². The Balaban J connectivity index is 2.77. The van der Waals surface area contributed by atoms with E-state index in [4.69, 9.17) is 0 Å². The molecular formula is C14H24O2. The molecule has 0 saturated heterocycles. The van der Waals surface area contributed by atoms with Gasteiger partial charge in [0.05, 0.1) is 5.92 Å². The molecule has 2 heteroatoms. The Labute approximate surface area is 98.8 Å². The Hall–Kier alpha value is -0.660. The third-order valence-corrected chi connectivity index (χ3v) is 3.79. The van der Waals surface area contributed by atoms with Crippen LogP contribution in [0.3, 0.4) is 0 Å². The van der Waals surface area contributed by atoms with Crippen LogP contribution in [-0.4, -0.2) is 11.6 Å². The first-order chi connectivity index (χ1) is 7.23. The van der Waals surface area contributed by atoms with Gasteiger partial charge in [0.2, 0.25) is 0 Å². The maximum absolute atomic E-state index is 12.0. The van der Waals surface area contributed by atoms with E-state index in [9.17, 15) is 9.59 Å². The SMILES string of the molecule is CC(C)C(=O)C1CC(C(C)(C)C)CCC1=O. The van der Waals surface area contributed by atoms with Crippen molar-refractivity contribution in [1.82, 2.24) is 0 Å². The second kappa shape index (κ2) is 4.68. The molecule has 0 amide bonds. The van der Waals surface area contributed by atoms with Gasteiger partial charge >= 0.3 is 0 Å². The summed E-state index contributed by atoms with van der Waals surface area (Å²) in [5.74, 6) is 0.460. The molecule has 1 rings (SSSR count). The summed E-state index contributed by atoms with van der Waals surface area (Å²) in [6.07, 6.45) is 2.30. The van der Waals surface area contributed by atoms with Crippen molar-refractivity contribution in [1.29, 1.82) is 0 Å². The molecule has 2 nitrogen and oxygen atoms in total. The Morgan fingerprint density at radius 1 is 1.31 bits per heavy atom. The Morgan fingerprint density at radius 2 is 1.88 bits per heavy atom. The standard InChI is InChI=1S/C14H24O2/c1-9(2)13(16)11-8-10(14(3,4)5)6-7-12(11)15/h9-11H,6-8H2,1-5H3. The Kier molecular flexibility index (Phi) is 3.92. The van der Waals surface area contributed by atoms with E-state index in [-0.39, 0.29) is 28.8 Å². The molecule has 0 spiro atoms. The van der Waals surface area contributed by atoms with Gasteiger partial charge in [-0.1, -0.05) is 34.6 Å². The molecule has 0 radical (unpaired) electrons. The summed E-state index contributed by atoms with van der Waals surface area (Å²) in [5.41, 5.74) is 0.205. The summed E-state index contributed by atoms with van der Waals surface area (Å²) in [6, 6.07) is 0. The smallest absolute Gasteiger partial charge is 0.145 e. The highest BCUT2D eigenvalue weighted by molar-refractivity contribution is 6.03. The summed E-state index contributed by atoms with van der Waals surface area (Å²) in [5, 5.41) is 0. The van der Waals surface area contributed by atoms with Crippen LogP contribution in [0.25, 0.3) is 0 Å². The van der Waals surface area contributed by atoms with Crippen LogP contribution in [0.2, 0.25) is 0 Å². The zero-order valence-electron chi connectivity index (χ0n) is 11.2. The third-order valence-electron chi connectivity index (χ3n) is 3.79. The largest absolute Gasteiger partial charge is 0.299 e. The van der Waals surface area contributed by atoms with Gasteiger partial charge in [-0.2, -0.15) is 0 Å². The topological polar surface area (TPSA) is 34.1 Å². The lowest BCUT2D eigenvalue weighted by molar-refractivity contribution is -0.138. The van der Waals surface area contributed by atoms with Gasteiger partial charge in [-0.3, -0.25) is 9.59 Å². The molecule has 0 bridgehead atoms. The van der Waals surface area contributed by atoms with E-state index in [2.05, 4.69) is 20.8 Å². The molecule has 1 saturated carbocycles. The second-order valence-electron chi connectivity index (χ2n) is 6.41. The van der Waals surface area contributed by atoms with Gasteiger partial charge in [0.1, 0.15) is 11.6 Å². The molecule has 0 aliphatic heterocycles. The van der Waals surface area contributed by atoms with Crippen molar-refractivity contribution < 1.29 is 9.59 Å². The first-order valence-electron chi connectivity index (χ1n) is 6.30. The molecule has 0 heterocycles. The van der Waals surface area contributed by atoms with Crippen molar-refractivity contribution >= 4 is 11.6 Å². The van der Waals surface area contributed by atoms with Crippen LogP contribution in [0, 0.1) is 23.2 Å². The number of carbonyl (C=O) groups is 2. The molecule has 0 aromatic rings. The van der Waals surface area contributed by atoms with E-state index in [0.717, 1.165) is 12.8 Å². The first-order valence-corrected chi connectivity index (χ1v) is 6.30. The minimum Gasteiger partial charge on any atom is -0.299 e. The average molecular weight is 224 g/mol. The highest BCUT2D eigenvalue weighted by Crippen LogP contribution is 2.39. The van der Waals surface area contributed by atoms with Crippen LogP contribution in [0.1, 0.15) is 53.9 Å². The van der Waals surface area contributed by atoms with Crippen LogP contribution in [0.5, 0.6) is 0 Å². The maximum atomic E-state index is 12.0. The first kappa shape index (κ1) is 13.4. The highest BCUT2D eigenvalue weighted by Gasteiger charge is 2.38. The fraction of sp³-hybridized carbons (Fsp3) is 0.857. The number of Topliss-reactive ketones (excluding diaryl/α,β-unsaturated/α-hetero) is 2. The van der Waals surface area contributed by atoms with Crippen molar-refractivity contribution in [3.05, 3.63) is 0 Å². The van der Waals surface area contributed by atoms with Crippen molar-refractivity contribution in [3.8, 4) is 0 Å². The molecule has 0 aromatic heterocycles. The van der Waals surface area contributed by atoms with Crippen molar-refractivity contribution in [2.24, 2.45) is 23.2 Å². The molecule has 2 atom stereocenters. The van der Waals surface area contributed by atoms with Gasteiger partial charge in [0.15, 0.2) is 0 Å². The van der Waals surface area contributed by atoms with Gasteiger partial charge in [-0.05, 0) is 24.2 Å². The lowest BCUT2D eigenvalue weighted by Crippen LogP contribution is -2.37. The number of carbonyl (C=O) groups excluding carboxylic acids is 2. The number of hydrogen-bond donors (Lipinski definition) is 0. The zero-order chi connectivity index (χ0) is 12.5. The fourth-order valence-electron chi connectivity index (χ4n) is 2.49. The molecule has 1 aliphatic rings.